The van der Waals surface area contributed by atoms with Gasteiger partial charge >= 0.3 is 0 Å². The number of amides is 1. The Hall–Kier alpha value is -1.81. The molecule has 2 aromatic rings. The van der Waals surface area contributed by atoms with Gasteiger partial charge in [0.05, 0.1) is 11.1 Å². The molecular formula is C20H26N2O2. The summed E-state index contributed by atoms with van der Waals surface area (Å²) in [5, 5.41) is 1.17. The van der Waals surface area contributed by atoms with Crippen molar-refractivity contribution in [1.29, 1.82) is 0 Å². The molecule has 2 aliphatic heterocycles. The third-order valence-corrected chi connectivity index (χ3v) is 6.02. The first-order valence-electron chi connectivity index (χ1n) is 9.10. The fourth-order valence-electron chi connectivity index (χ4n) is 4.38. The molecule has 0 aliphatic carbocycles. The molecule has 24 heavy (non-hydrogen) atoms. The molecule has 4 heteroatoms. The van der Waals surface area contributed by atoms with Crippen molar-refractivity contribution in [3.05, 3.63) is 35.0 Å². The van der Waals surface area contributed by atoms with Crippen LogP contribution in [0, 0.1) is 25.7 Å². The summed E-state index contributed by atoms with van der Waals surface area (Å²) in [5.74, 6) is 1.54. The van der Waals surface area contributed by atoms with Crippen LogP contribution >= 0.6 is 0 Å². The monoisotopic (exact) mass is 326 g/mol. The number of carbonyl (C=O) groups is 1. The highest BCUT2D eigenvalue weighted by Crippen LogP contribution is 2.32. The average molecular weight is 326 g/mol. The van der Waals surface area contributed by atoms with Crippen molar-refractivity contribution in [2.75, 3.05) is 26.3 Å². The number of nitrogens with zero attached hydrogens (tertiary/aromatic N) is 1. The van der Waals surface area contributed by atoms with Gasteiger partial charge in [-0.25, -0.2) is 0 Å². The van der Waals surface area contributed by atoms with Gasteiger partial charge < -0.3 is 14.6 Å². The van der Waals surface area contributed by atoms with E-state index in [-0.39, 0.29) is 5.91 Å². The number of hydrogen-bond acceptors (Lipinski definition) is 2. The van der Waals surface area contributed by atoms with Gasteiger partial charge in [0, 0.05) is 37.4 Å². The van der Waals surface area contributed by atoms with E-state index in [0.29, 0.717) is 5.92 Å². The number of aromatic amines is 1. The third kappa shape index (κ3) is 2.63. The van der Waals surface area contributed by atoms with E-state index in [2.05, 4.69) is 29.8 Å². The molecule has 2 saturated heterocycles. The van der Waals surface area contributed by atoms with Gasteiger partial charge in [-0.2, -0.15) is 0 Å². The topological polar surface area (TPSA) is 45.3 Å². The molecule has 4 nitrogen and oxygen atoms in total. The van der Waals surface area contributed by atoms with Crippen molar-refractivity contribution in [2.24, 2.45) is 11.8 Å². The Labute approximate surface area is 143 Å². The zero-order valence-corrected chi connectivity index (χ0v) is 14.6. The number of ether oxygens (including phenoxy) is 1. The Morgan fingerprint density at radius 2 is 1.96 bits per heavy atom. The largest absolute Gasteiger partial charge is 0.381 e. The highest BCUT2D eigenvalue weighted by Gasteiger charge is 2.33. The molecule has 0 radical (unpaired) electrons. The number of likely N-dealkylation sites (tertiary alicyclic amines) is 1. The number of carbonyl (C=O) groups excluding carboxylic acids is 1. The van der Waals surface area contributed by atoms with Gasteiger partial charge in [0.2, 0.25) is 0 Å². The summed E-state index contributed by atoms with van der Waals surface area (Å²) in [6.45, 7) is 7.74. The summed E-state index contributed by atoms with van der Waals surface area (Å²) < 4.78 is 5.48. The summed E-state index contributed by atoms with van der Waals surface area (Å²) in [4.78, 5) is 18.6. The zero-order valence-electron chi connectivity index (χ0n) is 14.6. The maximum absolute atomic E-state index is 13.1. The second kappa shape index (κ2) is 6.25. The quantitative estimate of drug-likeness (QED) is 0.915. The molecule has 3 heterocycles. The Bertz CT molecular complexity index is 758. The van der Waals surface area contributed by atoms with E-state index >= 15 is 0 Å². The van der Waals surface area contributed by atoms with Crippen LogP contribution in [-0.2, 0) is 4.74 Å². The molecule has 0 unspecified atom stereocenters. The number of benzene rings is 1. The molecule has 1 atom stereocenters. The number of fused-ring (bicyclic) bond motifs is 1. The van der Waals surface area contributed by atoms with Crippen molar-refractivity contribution in [3.8, 4) is 0 Å². The van der Waals surface area contributed by atoms with Crippen LogP contribution in [0.5, 0.6) is 0 Å². The summed E-state index contributed by atoms with van der Waals surface area (Å²) >= 11 is 0. The van der Waals surface area contributed by atoms with E-state index in [1.54, 1.807) is 0 Å². The number of para-hydroxylation sites is 1. The fourth-order valence-corrected chi connectivity index (χ4v) is 4.38. The predicted octanol–water partition coefficient (Wildman–Crippen LogP) is 3.67. The maximum atomic E-state index is 13.1. The van der Waals surface area contributed by atoms with Crippen LogP contribution in [0.15, 0.2) is 18.2 Å². The Balaban J connectivity index is 1.55. The van der Waals surface area contributed by atoms with E-state index in [4.69, 9.17) is 4.74 Å². The molecule has 1 aromatic heterocycles. The molecule has 0 bridgehead atoms. The van der Waals surface area contributed by atoms with Crippen molar-refractivity contribution in [2.45, 2.75) is 33.1 Å². The van der Waals surface area contributed by atoms with Crippen LogP contribution in [0.2, 0.25) is 0 Å². The minimum Gasteiger partial charge on any atom is -0.381 e. The van der Waals surface area contributed by atoms with E-state index in [9.17, 15) is 4.79 Å². The normalized spacial score (nSPS) is 22.4. The van der Waals surface area contributed by atoms with E-state index < -0.39 is 0 Å². The third-order valence-electron chi connectivity index (χ3n) is 6.02. The van der Waals surface area contributed by atoms with E-state index in [1.807, 2.05) is 12.1 Å². The lowest BCUT2D eigenvalue weighted by atomic mass is 9.85. The van der Waals surface area contributed by atoms with Gasteiger partial charge in [0.1, 0.15) is 0 Å². The molecule has 2 aliphatic rings. The van der Waals surface area contributed by atoms with E-state index in [1.165, 1.54) is 10.9 Å². The number of H-pyrrole nitrogens is 1. The number of hydrogen-bond donors (Lipinski definition) is 1. The highest BCUT2D eigenvalue weighted by molar-refractivity contribution is 6.06. The first-order valence-corrected chi connectivity index (χ1v) is 9.10. The first kappa shape index (κ1) is 15.7. The zero-order chi connectivity index (χ0) is 16.7. The molecule has 0 saturated carbocycles. The van der Waals surface area contributed by atoms with Crippen LogP contribution in [0.3, 0.4) is 0 Å². The second-order valence-electron chi connectivity index (χ2n) is 7.35. The van der Waals surface area contributed by atoms with Crippen LogP contribution in [0.25, 0.3) is 10.9 Å². The smallest absolute Gasteiger partial charge is 0.255 e. The Kier molecular flexibility index (Phi) is 4.09. The standard InChI is InChI=1S/C20H26N2O2/c1-13-14(2)21-19-17(13)4-3-5-18(19)20(23)22-9-6-16(12-22)15-7-10-24-11-8-15/h3-5,15-16,21H,6-12H2,1-2H3/t16-/m1/s1. The lowest BCUT2D eigenvalue weighted by molar-refractivity contribution is 0.0471. The molecule has 1 N–H and O–H groups in total. The van der Waals surface area contributed by atoms with Crippen LogP contribution in [0.1, 0.15) is 40.9 Å². The van der Waals surface area contributed by atoms with Crippen LogP contribution in [0.4, 0.5) is 0 Å². The van der Waals surface area contributed by atoms with Gasteiger partial charge in [0.15, 0.2) is 0 Å². The maximum Gasteiger partial charge on any atom is 0.255 e. The van der Waals surface area contributed by atoms with Gasteiger partial charge in [0.25, 0.3) is 5.91 Å². The number of rotatable bonds is 2. The van der Waals surface area contributed by atoms with E-state index in [0.717, 1.165) is 68.3 Å². The summed E-state index contributed by atoms with van der Waals surface area (Å²) in [6.07, 6.45) is 3.43. The van der Waals surface area contributed by atoms with Crippen LogP contribution in [-0.4, -0.2) is 42.1 Å². The van der Waals surface area contributed by atoms with Gasteiger partial charge in [-0.05, 0) is 56.6 Å². The molecule has 0 spiro atoms. The number of aryl methyl sites for hydroxylation is 2. The lowest BCUT2D eigenvalue weighted by Gasteiger charge is -2.27. The molecule has 1 amide bonds. The van der Waals surface area contributed by atoms with Crippen molar-refractivity contribution >= 4 is 16.8 Å². The van der Waals surface area contributed by atoms with Gasteiger partial charge in [-0.1, -0.05) is 12.1 Å². The van der Waals surface area contributed by atoms with Crippen molar-refractivity contribution in [1.82, 2.24) is 9.88 Å². The van der Waals surface area contributed by atoms with Gasteiger partial charge in [-0.3, -0.25) is 4.79 Å². The minimum atomic E-state index is 0.177. The molecule has 128 valence electrons. The molecule has 4 rings (SSSR count). The second-order valence-corrected chi connectivity index (χ2v) is 7.35. The summed E-state index contributed by atoms with van der Waals surface area (Å²) in [5.41, 5.74) is 4.19. The first-order chi connectivity index (χ1) is 11.6. The molecule has 2 fully saturated rings. The average Bonchev–Trinajstić information content (AvgIpc) is 3.21. The highest BCUT2D eigenvalue weighted by atomic mass is 16.5. The Morgan fingerprint density at radius 3 is 2.75 bits per heavy atom. The van der Waals surface area contributed by atoms with Gasteiger partial charge in [-0.15, -0.1) is 0 Å². The van der Waals surface area contributed by atoms with Crippen molar-refractivity contribution < 1.29 is 9.53 Å². The lowest BCUT2D eigenvalue weighted by Crippen LogP contribution is -2.31. The Morgan fingerprint density at radius 1 is 1.17 bits per heavy atom. The molecule has 1 aromatic carbocycles. The predicted molar refractivity (Wildman–Crippen MR) is 95.3 cm³/mol. The van der Waals surface area contributed by atoms with Crippen LogP contribution < -0.4 is 0 Å². The summed E-state index contributed by atoms with van der Waals surface area (Å²) in [6, 6.07) is 6.06. The van der Waals surface area contributed by atoms with Crippen molar-refractivity contribution in [3.63, 3.8) is 0 Å². The molecular weight excluding hydrogens is 300 g/mol. The summed E-state index contributed by atoms with van der Waals surface area (Å²) in [7, 11) is 0. The number of aromatic nitrogens is 1. The fraction of sp³-hybridized carbons (Fsp3) is 0.550. The minimum absolute atomic E-state index is 0.177. The number of nitrogens with one attached hydrogen (secondary N) is 1. The SMILES string of the molecule is Cc1[nH]c2c(C(=O)N3CC[C@@H](C4CCOCC4)C3)cccc2c1C.